The summed E-state index contributed by atoms with van der Waals surface area (Å²) in [6.45, 7) is 7.03. The van der Waals surface area contributed by atoms with Gasteiger partial charge in [0.1, 0.15) is 16.9 Å². The van der Waals surface area contributed by atoms with Crippen molar-refractivity contribution in [3.8, 4) is 0 Å². The lowest BCUT2D eigenvalue weighted by Crippen LogP contribution is -2.48. The van der Waals surface area contributed by atoms with Gasteiger partial charge < -0.3 is 14.2 Å². The van der Waals surface area contributed by atoms with Gasteiger partial charge >= 0.3 is 6.09 Å². The van der Waals surface area contributed by atoms with Crippen molar-refractivity contribution in [2.24, 2.45) is 0 Å². The van der Waals surface area contributed by atoms with E-state index in [-0.39, 0.29) is 12.1 Å². The van der Waals surface area contributed by atoms with Gasteiger partial charge in [-0.05, 0) is 52.2 Å². The van der Waals surface area contributed by atoms with Gasteiger partial charge in [0.05, 0.1) is 11.9 Å². The average Bonchev–Trinajstić information content (AvgIpc) is 2.92. The van der Waals surface area contributed by atoms with Gasteiger partial charge in [0, 0.05) is 19.3 Å². The molecule has 1 aliphatic rings. The predicted octanol–water partition coefficient (Wildman–Crippen LogP) is 3.96. The summed E-state index contributed by atoms with van der Waals surface area (Å²) >= 11 is 6.09. The minimum atomic E-state index is -0.496. The Morgan fingerprint density at radius 1 is 1.40 bits per heavy atom. The molecular weight excluding hydrogens is 340 g/mol. The van der Waals surface area contributed by atoms with Crippen LogP contribution in [0.5, 0.6) is 0 Å². The highest BCUT2D eigenvalue weighted by molar-refractivity contribution is 6.16. The van der Waals surface area contributed by atoms with Crippen LogP contribution in [0.15, 0.2) is 18.3 Å². The van der Waals surface area contributed by atoms with Crippen molar-refractivity contribution >= 4 is 28.9 Å². The third-order valence-corrected chi connectivity index (χ3v) is 4.59. The maximum Gasteiger partial charge on any atom is 0.410 e. The number of hydrogen-bond donors (Lipinski definition) is 0. The zero-order chi connectivity index (χ0) is 18.0. The SMILES string of the molecule is CC(C)(C)OC(=O)N1CCCC[C@@H]1Cn1c(CCl)nc2cccnc21. The second kappa shape index (κ2) is 7.20. The molecule has 1 amide bonds. The molecule has 0 spiro atoms. The molecule has 2 aromatic rings. The first-order valence-corrected chi connectivity index (χ1v) is 9.28. The fraction of sp³-hybridized carbons (Fsp3) is 0.611. The van der Waals surface area contributed by atoms with Crippen LogP contribution in [0.1, 0.15) is 45.9 Å². The van der Waals surface area contributed by atoms with Crippen LogP contribution in [-0.2, 0) is 17.2 Å². The third-order valence-electron chi connectivity index (χ3n) is 4.35. The Hall–Kier alpha value is -1.82. The van der Waals surface area contributed by atoms with Gasteiger partial charge in [-0.1, -0.05) is 0 Å². The highest BCUT2D eigenvalue weighted by atomic mass is 35.5. The highest BCUT2D eigenvalue weighted by Crippen LogP contribution is 2.24. The number of alkyl halides is 1. The summed E-state index contributed by atoms with van der Waals surface area (Å²) in [5.41, 5.74) is 1.15. The monoisotopic (exact) mass is 364 g/mol. The summed E-state index contributed by atoms with van der Waals surface area (Å²) in [6.07, 6.45) is 4.54. The van der Waals surface area contributed by atoms with Crippen LogP contribution in [0.3, 0.4) is 0 Å². The number of carbonyl (C=O) groups is 1. The average molecular weight is 365 g/mol. The van der Waals surface area contributed by atoms with Crippen molar-refractivity contribution in [1.29, 1.82) is 0 Å². The quantitative estimate of drug-likeness (QED) is 0.773. The van der Waals surface area contributed by atoms with E-state index in [9.17, 15) is 4.79 Å². The number of piperidine rings is 1. The minimum Gasteiger partial charge on any atom is -0.444 e. The highest BCUT2D eigenvalue weighted by Gasteiger charge is 2.31. The number of nitrogens with zero attached hydrogens (tertiary/aromatic N) is 4. The molecule has 7 heteroatoms. The van der Waals surface area contributed by atoms with Crippen LogP contribution in [0, 0.1) is 0 Å². The number of aromatic nitrogens is 3. The summed E-state index contributed by atoms with van der Waals surface area (Å²) in [4.78, 5) is 23.5. The van der Waals surface area contributed by atoms with E-state index < -0.39 is 5.60 Å². The first-order valence-electron chi connectivity index (χ1n) is 8.75. The van der Waals surface area contributed by atoms with Gasteiger partial charge in [-0.25, -0.2) is 14.8 Å². The van der Waals surface area contributed by atoms with Crippen molar-refractivity contribution in [1.82, 2.24) is 19.4 Å². The summed E-state index contributed by atoms with van der Waals surface area (Å²) in [6, 6.07) is 3.86. The lowest BCUT2D eigenvalue weighted by molar-refractivity contribution is 0.00783. The summed E-state index contributed by atoms with van der Waals surface area (Å²) < 4.78 is 7.63. The Labute approximate surface area is 153 Å². The Bertz CT molecular complexity index is 753. The van der Waals surface area contributed by atoms with Gasteiger partial charge in [0.2, 0.25) is 0 Å². The Morgan fingerprint density at radius 3 is 2.92 bits per heavy atom. The van der Waals surface area contributed by atoms with Gasteiger partial charge in [0.25, 0.3) is 0 Å². The number of halogens is 1. The van der Waals surface area contributed by atoms with E-state index in [4.69, 9.17) is 16.3 Å². The largest absolute Gasteiger partial charge is 0.444 e. The zero-order valence-corrected chi connectivity index (χ0v) is 15.8. The molecule has 0 aliphatic carbocycles. The molecule has 0 radical (unpaired) electrons. The molecule has 2 aromatic heterocycles. The second-order valence-corrected chi connectivity index (χ2v) is 7.71. The molecule has 0 aromatic carbocycles. The molecule has 1 saturated heterocycles. The smallest absolute Gasteiger partial charge is 0.410 e. The fourth-order valence-corrected chi connectivity index (χ4v) is 3.47. The van der Waals surface area contributed by atoms with E-state index in [0.29, 0.717) is 12.4 Å². The van der Waals surface area contributed by atoms with Crippen LogP contribution in [-0.4, -0.2) is 43.7 Å². The van der Waals surface area contributed by atoms with E-state index in [0.717, 1.165) is 42.8 Å². The van der Waals surface area contributed by atoms with Crippen LogP contribution >= 0.6 is 11.6 Å². The summed E-state index contributed by atoms with van der Waals surface area (Å²) in [7, 11) is 0. The molecule has 0 N–H and O–H groups in total. The van der Waals surface area contributed by atoms with Gasteiger partial charge in [-0.15, -0.1) is 11.6 Å². The Morgan fingerprint density at radius 2 is 2.20 bits per heavy atom. The van der Waals surface area contributed by atoms with Crippen LogP contribution in [0.25, 0.3) is 11.2 Å². The van der Waals surface area contributed by atoms with Crippen molar-refractivity contribution < 1.29 is 9.53 Å². The summed E-state index contributed by atoms with van der Waals surface area (Å²) in [5.74, 6) is 1.10. The van der Waals surface area contributed by atoms with E-state index in [2.05, 4.69) is 9.97 Å². The first-order chi connectivity index (χ1) is 11.9. The molecular formula is C18H25ClN4O2. The van der Waals surface area contributed by atoms with E-state index in [1.807, 2.05) is 42.4 Å². The molecule has 136 valence electrons. The van der Waals surface area contributed by atoms with Gasteiger partial charge in [-0.2, -0.15) is 0 Å². The van der Waals surface area contributed by atoms with Crippen molar-refractivity contribution in [2.45, 2.75) is 64.1 Å². The number of imidazole rings is 1. The Kier molecular flexibility index (Phi) is 5.18. The number of likely N-dealkylation sites (tertiary alicyclic amines) is 1. The number of fused-ring (bicyclic) bond motifs is 1. The molecule has 0 unspecified atom stereocenters. The minimum absolute atomic E-state index is 0.0602. The molecule has 0 bridgehead atoms. The Balaban J connectivity index is 1.86. The van der Waals surface area contributed by atoms with Crippen LogP contribution in [0.4, 0.5) is 4.79 Å². The first kappa shape index (κ1) is 18.0. The molecule has 1 aliphatic heterocycles. The lowest BCUT2D eigenvalue weighted by Gasteiger charge is -2.37. The maximum absolute atomic E-state index is 12.6. The standard InChI is InChI=1S/C18H25ClN4O2/c1-18(2,3)25-17(24)22-10-5-4-7-13(22)12-23-15(11-19)21-14-8-6-9-20-16(14)23/h6,8-9,13H,4-5,7,10-12H2,1-3H3/t13-/m1/s1. The normalized spacial score (nSPS) is 18.6. The topological polar surface area (TPSA) is 60.2 Å². The lowest BCUT2D eigenvalue weighted by atomic mass is 10.0. The van der Waals surface area contributed by atoms with Crippen molar-refractivity contribution in [3.63, 3.8) is 0 Å². The van der Waals surface area contributed by atoms with Gasteiger partial charge in [-0.3, -0.25) is 0 Å². The van der Waals surface area contributed by atoms with Crippen LogP contribution < -0.4 is 0 Å². The maximum atomic E-state index is 12.6. The van der Waals surface area contributed by atoms with E-state index in [1.54, 1.807) is 6.20 Å². The number of amides is 1. The number of pyridine rings is 1. The zero-order valence-electron chi connectivity index (χ0n) is 15.0. The number of rotatable bonds is 3. The molecule has 25 heavy (non-hydrogen) atoms. The second-order valence-electron chi connectivity index (χ2n) is 7.44. The van der Waals surface area contributed by atoms with Crippen molar-refractivity contribution in [2.75, 3.05) is 6.54 Å². The number of ether oxygens (including phenoxy) is 1. The molecule has 1 fully saturated rings. The fourth-order valence-electron chi connectivity index (χ4n) is 3.26. The molecule has 0 saturated carbocycles. The van der Waals surface area contributed by atoms with E-state index in [1.165, 1.54) is 0 Å². The molecule has 1 atom stereocenters. The number of carbonyl (C=O) groups excluding carboxylic acids is 1. The van der Waals surface area contributed by atoms with E-state index >= 15 is 0 Å². The number of hydrogen-bond acceptors (Lipinski definition) is 4. The predicted molar refractivity (Wildman–Crippen MR) is 97.7 cm³/mol. The summed E-state index contributed by atoms with van der Waals surface area (Å²) in [5, 5.41) is 0. The van der Waals surface area contributed by atoms with Crippen molar-refractivity contribution in [3.05, 3.63) is 24.2 Å². The third kappa shape index (κ3) is 4.06. The molecule has 3 rings (SSSR count). The molecule has 3 heterocycles. The van der Waals surface area contributed by atoms with Gasteiger partial charge in [0.15, 0.2) is 5.65 Å². The van der Waals surface area contributed by atoms with Crippen LogP contribution in [0.2, 0.25) is 0 Å². The molecule has 6 nitrogen and oxygen atoms in total.